The molecular weight excluding hydrogens is 366 g/mol. The van der Waals surface area contributed by atoms with Gasteiger partial charge in [0.1, 0.15) is 5.58 Å². The molecule has 0 aliphatic rings. The number of rotatable bonds is 5. The molecule has 4 aromatic rings. The first-order chi connectivity index (χ1) is 13.0. The van der Waals surface area contributed by atoms with E-state index in [0.29, 0.717) is 22.9 Å². The molecule has 0 fully saturated rings. The minimum atomic E-state index is -3.70. The number of aryl methyl sites for hydroxylation is 1. The molecule has 2 aromatic heterocycles. The van der Waals surface area contributed by atoms with Gasteiger partial charge in [-0.2, -0.15) is 0 Å². The summed E-state index contributed by atoms with van der Waals surface area (Å²) >= 11 is 0. The fourth-order valence-corrected chi connectivity index (χ4v) is 4.11. The van der Waals surface area contributed by atoms with Gasteiger partial charge in [0, 0.05) is 19.0 Å². The Kier molecular flexibility index (Phi) is 4.29. The van der Waals surface area contributed by atoms with E-state index < -0.39 is 15.6 Å². The fourth-order valence-electron chi connectivity index (χ4n) is 3.05. The quantitative estimate of drug-likeness (QED) is 0.533. The van der Waals surface area contributed by atoms with Crippen LogP contribution in [0.25, 0.3) is 22.0 Å². The lowest BCUT2D eigenvalue weighted by molar-refractivity contribution is 0.567. The average Bonchev–Trinajstić information content (AvgIpc) is 3.05. The van der Waals surface area contributed by atoms with Gasteiger partial charge in [0.25, 0.3) is 0 Å². The molecule has 0 radical (unpaired) electrons. The molecule has 1 N–H and O–H groups in total. The number of imidazole rings is 1. The van der Waals surface area contributed by atoms with Gasteiger partial charge in [0.15, 0.2) is 5.52 Å². The van der Waals surface area contributed by atoms with Gasteiger partial charge in [-0.1, -0.05) is 30.3 Å². The average molecular weight is 383 g/mol. The number of hydrogen-bond acceptors (Lipinski definition) is 5. The van der Waals surface area contributed by atoms with Crippen molar-refractivity contribution < 1.29 is 12.8 Å². The van der Waals surface area contributed by atoms with Crippen LogP contribution in [0.1, 0.15) is 5.56 Å². The van der Waals surface area contributed by atoms with E-state index in [9.17, 15) is 13.2 Å². The Labute approximate surface area is 155 Å². The van der Waals surface area contributed by atoms with Crippen molar-refractivity contribution in [1.82, 2.24) is 14.3 Å². The first-order valence-electron chi connectivity index (χ1n) is 8.37. The maximum atomic E-state index is 12.7. The van der Waals surface area contributed by atoms with Gasteiger partial charge in [0.05, 0.1) is 16.7 Å². The molecule has 8 heteroatoms. The van der Waals surface area contributed by atoms with E-state index in [4.69, 9.17) is 4.42 Å². The molecule has 0 aliphatic carbocycles. The Hall–Kier alpha value is -2.97. The summed E-state index contributed by atoms with van der Waals surface area (Å²) in [6.45, 7) is 0.287. The molecule has 0 atom stereocenters. The molecule has 0 saturated carbocycles. The van der Waals surface area contributed by atoms with Gasteiger partial charge in [0.2, 0.25) is 10.0 Å². The molecule has 2 heterocycles. The summed E-state index contributed by atoms with van der Waals surface area (Å²) in [6, 6.07) is 14.1. The van der Waals surface area contributed by atoms with Crippen molar-refractivity contribution in [2.75, 3.05) is 6.54 Å². The van der Waals surface area contributed by atoms with Crippen LogP contribution in [0.3, 0.4) is 0 Å². The van der Waals surface area contributed by atoms with Crippen molar-refractivity contribution in [3.63, 3.8) is 0 Å². The molecule has 7 nitrogen and oxygen atoms in total. The Morgan fingerprint density at radius 1 is 1.15 bits per heavy atom. The highest BCUT2D eigenvalue weighted by atomic mass is 32.2. The number of aromatic nitrogens is 2. The molecule has 0 bridgehead atoms. The van der Waals surface area contributed by atoms with Crippen LogP contribution in [0, 0.1) is 0 Å². The van der Waals surface area contributed by atoms with Crippen molar-refractivity contribution >= 4 is 32.0 Å². The van der Waals surface area contributed by atoms with Gasteiger partial charge in [-0.25, -0.2) is 22.9 Å². The predicted octanol–water partition coefficient (Wildman–Crippen LogP) is 2.20. The third kappa shape index (κ3) is 3.24. The van der Waals surface area contributed by atoms with Crippen LogP contribution in [0.15, 0.2) is 69.0 Å². The van der Waals surface area contributed by atoms with E-state index in [-0.39, 0.29) is 17.0 Å². The molecule has 2 aromatic carbocycles. The summed E-state index contributed by atoms with van der Waals surface area (Å²) in [5, 5.41) is 0.524. The van der Waals surface area contributed by atoms with Crippen LogP contribution >= 0.6 is 0 Å². The fraction of sp³-hybridized carbons (Fsp3) is 0.158. The van der Waals surface area contributed by atoms with Crippen LogP contribution in [-0.4, -0.2) is 24.5 Å². The second kappa shape index (κ2) is 6.64. The van der Waals surface area contributed by atoms with E-state index in [2.05, 4.69) is 9.71 Å². The van der Waals surface area contributed by atoms with Gasteiger partial charge >= 0.3 is 5.63 Å². The summed E-state index contributed by atoms with van der Waals surface area (Å²) in [5.74, 6) is 0. The lowest BCUT2D eigenvalue weighted by atomic mass is 10.2. The molecule has 27 heavy (non-hydrogen) atoms. The zero-order valence-electron chi connectivity index (χ0n) is 14.5. The Bertz CT molecular complexity index is 1290. The second-order valence-corrected chi connectivity index (χ2v) is 8.00. The number of sulfonamides is 1. The second-order valence-electron chi connectivity index (χ2n) is 6.23. The zero-order chi connectivity index (χ0) is 19.0. The van der Waals surface area contributed by atoms with Crippen LogP contribution in [0.4, 0.5) is 0 Å². The molecule has 0 amide bonds. The van der Waals surface area contributed by atoms with Crippen molar-refractivity contribution in [1.29, 1.82) is 0 Å². The molecule has 0 saturated heterocycles. The maximum absolute atomic E-state index is 12.7. The topological polar surface area (TPSA) is 94.2 Å². The van der Waals surface area contributed by atoms with E-state index in [1.807, 2.05) is 30.3 Å². The van der Waals surface area contributed by atoms with E-state index in [1.165, 1.54) is 24.5 Å². The summed E-state index contributed by atoms with van der Waals surface area (Å²) in [6.07, 6.45) is 2.09. The smallest absolute Gasteiger partial charge is 0.364 e. The Morgan fingerprint density at radius 3 is 2.70 bits per heavy atom. The minimum absolute atomic E-state index is 0.111. The lowest BCUT2D eigenvalue weighted by Crippen LogP contribution is -2.26. The van der Waals surface area contributed by atoms with Crippen molar-refractivity contribution in [2.24, 2.45) is 7.05 Å². The van der Waals surface area contributed by atoms with Crippen LogP contribution in [0.5, 0.6) is 0 Å². The molecular formula is C19H17N3O4S. The largest absolute Gasteiger partial charge is 0.421 e. The summed E-state index contributed by atoms with van der Waals surface area (Å²) in [4.78, 5) is 16.1. The number of nitrogens with zero attached hydrogens (tertiary/aromatic N) is 2. The van der Waals surface area contributed by atoms with Crippen LogP contribution in [0.2, 0.25) is 0 Å². The van der Waals surface area contributed by atoms with Gasteiger partial charge in [-0.05, 0) is 30.2 Å². The van der Waals surface area contributed by atoms with E-state index in [1.54, 1.807) is 11.6 Å². The summed E-state index contributed by atoms with van der Waals surface area (Å²) in [5.41, 5.74) is 1.55. The van der Waals surface area contributed by atoms with Crippen LogP contribution in [-0.2, 0) is 23.5 Å². The highest BCUT2D eigenvalue weighted by molar-refractivity contribution is 7.89. The van der Waals surface area contributed by atoms with Crippen molar-refractivity contribution in [3.8, 4) is 0 Å². The third-order valence-corrected chi connectivity index (χ3v) is 5.86. The van der Waals surface area contributed by atoms with Crippen LogP contribution < -0.4 is 10.3 Å². The first-order valence-corrected chi connectivity index (χ1v) is 9.85. The zero-order valence-corrected chi connectivity index (χ0v) is 15.4. The number of benzene rings is 2. The lowest BCUT2D eigenvalue weighted by Gasteiger charge is -2.08. The molecule has 0 spiro atoms. The van der Waals surface area contributed by atoms with Gasteiger partial charge < -0.3 is 8.98 Å². The standard InChI is InChI=1S/C19H17N3O4S/c1-22-12-20-17-18(22)15-11-14(7-8-16(15)26-19(17)23)27(24,25)21-10-9-13-5-3-2-4-6-13/h2-8,11-12,21H,9-10H2,1H3. The van der Waals surface area contributed by atoms with Gasteiger partial charge in [-0.3, -0.25) is 0 Å². The predicted molar refractivity (Wildman–Crippen MR) is 102 cm³/mol. The van der Waals surface area contributed by atoms with Crippen molar-refractivity contribution in [3.05, 3.63) is 70.8 Å². The summed E-state index contributed by atoms with van der Waals surface area (Å²) in [7, 11) is -1.95. The number of hydrogen-bond donors (Lipinski definition) is 1. The SMILES string of the molecule is Cn1cnc2c(=O)oc3ccc(S(=O)(=O)NCCc4ccccc4)cc3c21. The van der Waals surface area contributed by atoms with E-state index >= 15 is 0 Å². The van der Waals surface area contributed by atoms with Gasteiger partial charge in [-0.15, -0.1) is 0 Å². The Morgan fingerprint density at radius 2 is 1.93 bits per heavy atom. The third-order valence-electron chi connectivity index (χ3n) is 4.40. The monoisotopic (exact) mass is 383 g/mol. The summed E-state index contributed by atoms with van der Waals surface area (Å²) < 4.78 is 34.9. The molecule has 0 aliphatic heterocycles. The highest BCUT2D eigenvalue weighted by Gasteiger charge is 2.18. The maximum Gasteiger partial charge on any atom is 0.364 e. The minimum Gasteiger partial charge on any atom is -0.421 e. The number of fused-ring (bicyclic) bond motifs is 3. The van der Waals surface area contributed by atoms with Crippen molar-refractivity contribution in [2.45, 2.75) is 11.3 Å². The molecule has 138 valence electrons. The Balaban J connectivity index is 1.68. The normalized spacial score (nSPS) is 12.0. The highest BCUT2D eigenvalue weighted by Crippen LogP contribution is 2.24. The number of nitrogens with one attached hydrogen (secondary N) is 1. The first kappa shape index (κ1) is 17.4. The van der Waals surface area contributed by atoms with E-state index in [0.717, 1.165) is 5.56 Å². The molecule has 0 unspecified atom stereocenters. The molecule has 4 rings (SSSR count).